The summed E-state index contributed by atoms with van der Waals surface area (Å²) >= 11 is 0. The van der Waals surface area contributed by atoms with Crippen LogP contribution in [-0.2, 0) is 6.54 Å². The lowest BCUT2D eigenvalue weighted by molar-refractivity contribution is 0.0944. The number of nitrogens with one attached hydrogen (secondary N) is 2. The molecule has 0 saturated carbocycles. The van der Waals surface area contributed by atoms with E-state index in [1.54, 1.807) is 24.4 Å². The van der Waals surface area contributed by atoms with Gasteiger partial charge in [0.15, 0.2) is 0 Å². The summed E-state index contributed by atoms with van der Waals surface area (Å²) in [5.41, 5.74) is 3.43. The Labute approximate surface area is 180 Å². The number of nitrogens with zero attached hydrogens (tertiary/aromatic N) is 2. The number of anilines is 1. The van der Waals surface area contributed by atoms with Crippen LogP contribution in [0.15, 0.2) is 79.1 Å². The van der Waals surface area contributed by atoms with E-state index in [2.05, 4.69) is 15.6 Å². The molecule has 6 heteroatoms. The molecule has 6 nitrogen and oxygen atoms in total. The molecule has 2 aromatic heterocycles. The largest absolute Gasteiger partial charge is 0.350 e. The van der Waals surface area contributed by atoms with Gasteiger partial charge in [-0.1, -0.05) is 48.5 Å². The third-order valence-corrected chi connectivity index (χ3v) is 4.87. The van der Waals surface area contributed by atoms with Crippen molar-refractivity contribution in [2.45, 2.75) is 26.4 Å². The molecule has 0 aliphatic carbocycles. The van der Waals surface area contributed by atoms with Crippen molar-refractivity contribution in [3.63, 3.8) is 0 Å². The highest BCUT2D eigenvalue weighted by atomic mass is 16.2. The molecule has 0 spiro atoms. The number of hydrogen-bond acceptors (Lipinski definition) is 3. The molecule has 0 aliphatic heterocycles. The molecule has 0 aliphatic rings. The predicted octanol–water partition coefficient (Wildman–Crippen LogP) is 4.48. The van der Waals surface area contributed by atoms with Crippen LogP contribution in [0.4, 0.5) is 5.69 Å². The maximum Gasteiger partial charge on any atom is 0.255 e. The Balaban J connectivity index is 1.71. The van der Waals surface area contributed by atoms with Crippen molar-refractivity contribution in [2.75, 3.05) is 5.32 Å². The van der Waals surface area contributed by atoms with Gasteiger partial charge in [-0.2, -0.15) is 0 Å². The van der Waals surface area contributed by atoms with Crippen LogP contribution < -0.4 is 10.6 Å². The highest BCUT2D eigenvalue weighted by molar-refractivity contribution is 6.09. The minimum atomic E-state index is -0.223. The van der Waals surface area contributed by atoms with Crippen molar-refractivity contribution in [3.05, 3.63) is 95.8 Å². The maximum atomic E-state index is 12.9. The molecule has 2 N–H and O–H groups in total. The predicted molar refractivity (Wildman–Crippen MR) is 122 cm³/mol. The van der Waals surface area contributed by atoms with Gasteiger partial charge in [-0.15, -0.1) is 0 Å². The van der Waals surface area contributed by atoms with Crippen molar-refractivity contribution < 1.29 is 9.59 Å². The number of carbonyl (C=O) groups is 2. The van der Waals surface area contributed by atoms with Crippen molar-refractivity contribution in [3.8, 4) is 0 Å². The van der Waals surface area contributed by atoms with Gasteiger partial charge in [0.1, 0.15) is 5.65 Å². The summed E-state index contributed by atoms with van der Waals surface area (Å²) in [6, 6.07) is 20.8. The molecule has 2 aromatic carbocycles. The van der Waals surface area contributed by atoms with Gasteiger partial charge in [-0.05, 0) is 37.6 Å². The summed E-state index contributed by atoms with van der Waals surface area (Å²) in [6.07, 6.45) is 3.44. The average molecular weight is 412 g/mol. The first-order valence-corrected chi connectivity index (χ1v) is 10.2. The number of aromatic nitrogens is 2. The Morgan fingerprint density at radius 1 is 0.968 bits per heavy atom. The lowest BCUT2D eigenvalue weighted by Crippen LogP contribution is -2.29. The van der Waals surface area contributed by atoms with Crippen molar-refractivity contribution in [1.29, 1.82) is 0 Å². The van der Waals surface area contributed by atoms with Gasteiger partial charge in [0.25, 0.3) is 11.8 Å². The first-order chi connectivity index (χ1) is 15.0. The maximum absolute atomic E-state index is 12.9. The zero-order valence-corrected chi connectivity index (χ0v) is 17.5. The number of fused-ring (bicyclic) bond motifs is 1. The third-order valence-electron chi connectivity index (χ3n) is 4.87. The molecule has 2 heterocycles. The van der Waals surface area contributed by atoms with E-state index in [9.17, 15) is 9.59 Å². The fourth-order valence-corrected chi connectivity index (χ4v) is 3.45. The summed E-state index contributed by atoms with van der Waals surface area (Å²) in [5.74, 6) is -0.390. The molecular formula is C25H24N4O2. The van der Waals surface area contributed by atoms with E-state index in [0.717, 1.165) is 5.56 Å². The number of hydrogen-bond donors (Lipinski definition) is 2. The third kappa shape index (κ3) is 4.64. The van der Waals surface area contributed by atoms with Crippen LogP contribution in [0, 0.1) is 0 Å². The van der Waals surface area contributed by atoms with Gasteiger partial charge in [0.05, 0.1) is 17.4 Å². The van der Waals surface area contributed by atoms with Crippen LogP contribution in [0.1, 0.15) is 40.1 Å². The highest BCUT2D eigenvalue weighted by Crippen LogP contribution is 2.24. The van der Waals surface area contributed by atoms with Crippen molar-refractivity contribution >= 4 is 28.5 Å². The van der Waals surface area contributed by atoms with Crippen molar-refractivity contribution in [1.82, 2.24) is 14.9 Å². The lowest BCUT2D eigenvalue weighted by atomic mass is 10.1. The minimum absolute atomic E-state index is 0.00829. The van der Waals surface area contributed by atoms with Crippen LogP contribution in [0.2, 0.25) is 0 Å². The number of rotatable bonds is 6. The molecule has 2 amide bonds. The zero-order valence-electron chi connectivity index (χ0n) is 17.5. The molecule has 4 rings (SSSR count). The Hall–Kier alpha value is -3.93. The number of carbonyl (C=O) groups excluding carboxylic acids is 2. The molecule has 0 radical (unpaired) electrons. The van der Waals surface area contributed by atoms with E-state index in [1.807, 2.05) is 73.1 Å². The summed E-state index contributed by atoms with van der Waals surface area (Å²) in [5, 5.41) is 6.52. The van der Waals surface area contributed by atoms with E-state index in [1.165, 1.54) is 0 Å². The Morgan fingerprint density at radius 2 is 1.65 bits per heavy atom. The first kappa shape index (κ1) is 20.3. The van der Waals surface area contributed by atoms with E-state index in [-0.39, 0.29) is 17.9 Å². The molecule has 4 aromatic rings. The average Bonchev–Trinajstić information content (AvgIpc) is 3.12. The van der Waals surface area contributed by atoms with Crippen LogP contribution >= 0.6 is 0 Å². The molecule has 0 bridgehead atoms. The molecule has 0 atom stereocenters. The highest BCUT2D eigenvalue weighted by Gasteiger charge is 2.18. The summed E-state index contributed by atoms with van der Waals surface area (Å²) in [4.78, 5) is 30.0. The van der Waals surface area contributed by atoms with Gasteiger partial charge in [-0.3, -0.25) is 9.59 Å². The van der Waals surface area contributed by atoms with Crippen molar-refractivity contribution in [2.24, 2.45) is 0 Å². The minimum Gasteiger partial charge on any atom is -0.350 e. The summed E-state index contributed by atoms with van der Waals surface area (Å²) in [7, 11) is 0. The first-order valence-electron chi connectivity index (χ1n) is 10.2. The normalized spacial score (nSPS) is 10.9. The Bertz CT molecular complexity index is 1210. The molecule has 0 fully saturated rings. The summed E-state index contributed by atoms with van der Waals surface area (Å²) in [6.45, 7) is 4.44. The van der Waals surface area contributed by atoms with E-state index >= 15 is 0 Å². The fraction of sp³-hybridized carbons (Fsp3) is 0.160. The topological polar surface area (TPSA) is 76.0 Å². The SMILES string of the molecule is CC(C)NC(=O)c1cn(Cc2ccccc2)c2ncc(NC(=O)c3ccccc3)cc12. The van der Waals surface area contributed by atoms with Crippen LogP contribution in [0.3, 0.4) is 0 Å². The van der Waals surface area contributed by atoms with Gasteiger partial charge in [0.2, 0.25) is 0 Å². The van der Waals surface area contributed by atoms with Gasteiger partial charge in [0, 0.05) is 29.7 Å². The number of benzene rings is 2. The van der Waals surface area contributed by atoms with Gasteiger partial charge in [-0.25, -0.2) is 4.98 Å². The second-order valence-electron chi connectivity index (χ2n) is 7.70. The Kier molecular flexibility index (Phi) is 5.80. The van der Waals surface area contributed by atoms with Crippen LogP contribution in [0.5, 0.6) is 0 Å². The van der Waals surface area contributed by atoms with E-state index < -0.39 is 0 Å². The fourth-order valence-electron chi connectivity index (χ4n) is 3.45. The molecule has 0 saturated heterocycles. The molecule has 156 valence electrons. The van der Waals surface area contributed by atoms with Gasteiger partial charge < -0.3 is 15.2 Å². The molecule has 0 unspecified atom stereocenters. The smallest absolute Gasteiger partial charge is 0.255 e. The van der Waals surface area contributed by atoms with Crippen LogP contribution in [-0.4, -0.2) is 27.4 Å². The second-order valence-corrected chi connectivity index (χ2v) is 7.70. The number of pyridine rings is 1. The molecule has 31 heavy (non-hydrogen) atoms. The number of amides is 2. The van der Waals surface area contributed by atoms with Crippen LogP contribution in [0.25, 0.3) is 11.0 Å². The monoisotopic (exact) mass is 412 g/mol. The quantitative estimate of drug-likeness (QED) is 0.490. The standard InChI is InChI=1S/C25H24N4O2/c1-17(2)27-25(31)22-16-29(15-18-9-5-3-6-10-18)23-21(22)13-20(14-26-23)28-24(30)19-11-7-4-8-12-19/h3-14,16-17H,15H2,1-2H3,(H,27,31)(H,28,30). The summed E-state index contributed by atoms with van der Waals surface area (Å²) < 4.78 is 1.96. The van der Waals surface area contributed by atoms with E-state index in [4.69, 9.17) is 0 Å². The zero-order chi connectivity index (χ0) is 21.8. The Morgan fingerprint density at radius 3 is 2.32 bits per heavy atom. The second kappa shape index (κ2) is 8.83. The van der Waals surface area contributed by atoms with E-state index in [0.29, 0.717) is 34.4 Å². The van der Waals surface area contributed by atoms with Gasteiger partial charge >= 0.3 is 0 Å². The molecular weight excluding hydrogens is 388 g/mol. The lowest BCUT2D eigenvalue weighted by Gasteiger charge is -2.08.